The molecule has 0 atom stereocenters. The summed E-state index contributed by atoms with van der Waals surface area (Å²) in [5, 5.41) is 3.07. The average molecular weight is 341 g/mol. The summed E-state index contributed by atoms with van der Waals surface area (Å²) in [7, 11) is 1.65. The van der Waals surface area contributed by atoms with Crippen molar-refractivity contribution in [1.82, 2.24) is 14.8 Å². The van der Waals surface area contributed by atoms with Crippen LogP contribution >= 0.6 is 0 Å². The smallest absolute Gasteiger partial charge is 0.236 e. The molecular weight excluding hydrogens is 314 g/mol. The van der Waals surface area contributed by atoms with E-state index in [0.29, 0.717) is 32.8 Å². The van der Waals surface area contributed by atoms with E-state index in [1.54, 1.807) is 13.2 Å². The lowest BCUT2D eigenvalue weighted by Gasteiger charge is -2.23. The molecule has 0 aliphatic rings. The molecule has 1 heterocycles. The van der Waals surface area contributed by atoms with Crippen LogP contribution in [0.15, 0.2) is 61.3 Å². The van der Waals surface area contributed by atoms with Crippen molar-refractivity contribution < 1.29 is 9.53 Å². The highest BCUT2D eigenvalue weighted by Crippen LogP contribution is 2.11. The average Bonchev–Trinajstić information content (AvgIpc) is 3.06. The molecule has 25 heavy (non-hydrogen) atoms. The Balaban J connectivity index is 2.03. The summed E-state index contributed by atoms with van der Waals surface area (Å²) in [4.78, 5) is 14.3. The van der Waals surface area contributed by atoms with Crippen LogP contribution in [-0.2, 0) is 22.6 Å². The molecule has 1 aromatic carbocycles. The van der Waals surface area contributed by atoms with Crippen LogP contribution in [0.2, 0.25) is 0 Å². The van der Waals surface area contributed by atoms with E-state index in [-0.39, 0.29) is 5.91 Å². The first-order chi connectivity index (χ1) is 12.2. The van der Waals surface area contributed by atoms with Gasteiger partial charge in [0.05, 0.1) is 19.7 Å². The third-order valence-electron chi connectivity index (χ3n) is 3.96. The third-order valence-corrected chi connectivity index (χ3v) is 3.96. The summed E-state index contributed by atoms with van der Waals surface area (Å²) in [5.41, 5.74) is 2.35. The maximum Gasteiger partial charge on any atom is 0.236 e. The number of aromatic nitrogens is 1. The maximum atomic E-state index is 12.5. The topological polar surface area (TPSA) is 46.5 Å². The number of nitrogens with one attached hydrogen (secondary N) is 1. The number of hydrogen-bond donors (Lipinski definition) is 1. The van der Waals surface area contributed by atoms with E-state index >= 15 is 0 Å². The van der Waals surface area contributed by atoms with E-state index in [1.807, 2.05) is 29.2 Å². The van der Waals surface area contributed by atoms with Crippen molar-refractivity contribution in [2.45, 2.75) is 13.1 Å². The first-order valence-corrected chi connectivity index (χ1v) is 8.51. The largest absolute Gasteiger partial charge is 0.383 e. The minimum absolute atomic E-state index is 0.0614. The number of benzene rings is 1. The van der Waals surface area contributed by atoms with E-state index in [2.05, 4.69) is 40.9 Å². The van der Waals surface area contributed by atoms with Crippen LogP contribution in [0, 0.1) is 0 Å². The molecular formula is C20H27N3O2. The van der Waals surface area contributed by atoms with Gasteiger partial charge >= 0.3 is 0 Å². The molecule has 1 aromatic heterocycles. The number of ether oxygens (including phenoxy) is 1. The van der Waals surface area contributed by atoms with E-state index < -0.39 is 0 Å². The molecule has 0 aliphatic heterocycles. The van der Waals surface area contributed by atoms with E-state index in [4.69, 9.17) is 4.74 Å². The molecule has 0 fully saturated rings. The van der Waals surface area contributed by atoms with Gasteiger partial charge in [-0.1, -0.05) is 36.4 Å². The molecule has 0 saturated heterocycles. The number of carbonyl (C=O) groups excluding carboxylic acids is 1. The highest BCUT2D eigenvalue weighted by molar-refractivity contribution is 5.78. The molecule has 0 radical (unpaired) electrons. The number of methoxy groups -OCH3 is 1. The van der Waals surface area contributed by atoms with Gasteiger partial charge in [-0.05, 0) is 17.7 Å². The second kappa shape index (κ2) is 10.5. The summed E-state index contributed by atoms with van der Waals surface area (Å²) in [6.45, 7) is 7.03. The zero-order chi connectivity index (χ0) is 17.9. The van der Waals surface area contributed by atoms with E-state index in [0.717, 1.165) is 12.2 Å². The standard InChI is InChI=1S/C20H27N3O2/c1-3-11-21-15-20(24)23(13-14-25-2)17-19-10-7-12-22(19)16-18-8-5-4-6-9-18/h3-10,12,21H,1,11,13-17H2,2H3. The maximum absolute atomic E-state index is 12.5. The summed E-state index contributed by atoms with van der Waals surface area (Å²) >= 11 is 0. The van der Waals surface area contributed by atoms with Crippen LogP contribution in [0.4, 0.5) is 0 Å². The fourth-order valence-electron chi connectivity index (χ4n) is 2.61. The molecule has 0 bridgehead atoms. The fourth-order valence-corrected chi connectivity index (χ4v) is 2.61. The molecule has 2 rings (SSSR count). The molecule has 5 nitrogen and oxygen atoms in total. The number of amides is 1. The Morgan fingerprint density at radius 2 is 2.08 bits per heavy atom. The minimum atomic E-state index is 0.0614. The Labute approximate surface area is 149 Å². The van der Waals surface area contributed by atoms with Crippen molar-refractivity contribution in [3.05, 3.63) is 72.6 Å². The van der Waals surface area contributed by atoms with Gasteiger partial charge in [-0.3, -0.25) is 4.79 Å². The lowest BCUT2D eigenvalue weighted by molar-refractivity contribution is -0.131. The van der Waals surface area contributed by atoms with Crippen LogP contribution in [0.1, 0.15) is 11.3 Å². The van der Waals surface area contributed by atoms with E-state index in [9.17, 15) is 4.79 Å². The lowest BCUT2D eigenvalue weighted by Crippen LogP contribution is -2.40. The minimum Gasteiger partial charge on any atom is -0.383 e. The zero-order valence-electron chi connectivity index (χ0n) is 14.9. The Kier molecular flexibility index (Phi) is 7.95. The Morgan fingerprint density at radius 1 is 1.28 bits per heavy atom. The van der Waals surface area contributed by atoms with E-state index in [1.165, 1.54) is 5.56 Å². The monoisotopic (exact) mass is 341 g/mol. The predicted molar refractivity (Wildman–Crippen MR) is 100 cm³/mol. The highest BCUT2D eigenvalue weighted by Gasteiger charge is 2.15. The van der Waals surface area contributed by atoms with Gasteiger partial charge in [-0.25, -0.2) is 0 Å². The van der Waals surface area contributed by atoms with Crippen molar-refractivity contribution >= 4 is 5.91 Å². The van der Waals surface area contributed by atoms with Crippen LogP contribution in [0.25, 0.3) is 0 Å². The first-order valence-electron chi connectivity index (χ1n) is 8.51. The van der Waals surface area contributed by atoms with Crippen LogP contribution < -0.4 is 5.32 Å². The van der Waals surface area contributed by atoms with Gasteiger partial charge < -0.3 is 19.5 Å². The second-order valence-electron chi connectivity index (χ2n) is 5.84. The third kappa shape index (κ3) is 6.21. The SMILES string of the molecule is C=CCNCC(=O)N(CCOC)Cc1cccn1Cc1ccccc1. The van der Waals surface area contributed by atoms with Crippen LogP contribution in [0.5, 0.6) is 0 Å². The molecule has 0 aliphatic carbocycles. The Hall–Kier alpha value is -2.37. The van der Waals surface area contributed by atoms with Crippen LogP contribution in [-0.4, -0.2) is 48.7 Å². The van der Waals surface area contributed by atoms with Gasteiger partial charge in [0.15, 0.2) is 0 Å². The number of nitrogens with zero attached hydrogens (tertiary/aromatic N) is 2. The van der Waals surface area contributed by atoms with Gasteiger partial charge in [0.25, 0.3) is 0 Å². The zero-order valence-corrected chi connectivity index (χ0v) is 14.9. The molecule has 0 saturated carbocycles. The van der Waals surface area contributed by atoms with Gasteiger partial charge in [0.2, 0.25) is 5.91 Å². The summed E-state index contributed by atoms with van der Waals surface area (Å²) in [5.74, 6) is 0.0614. The normalized spacial score (nSPS) is 10.6. The Bertz CT molecular complexity index is 652. The van der Waals surface area contributed by atoms with Crippen molar-refractivity contribution in [1.29, 1.82) is 0 Å². The predicted octanol–water partition coefficient (Wildman–Crippen LogP) is 2.29. The number of rotatable bonds is 11. The lowest BCUT2D eigenvalue weighted by atomic mass is 10.2. The van der Waals surface area contributed by atoms with Crippen molar-refractivity contribution in [3.8, 4) is 0 Å². The number of carbonyl (C=O) groups is 1. The molecule has 134 valence electrons. The quantitative estimate of drug-likeness (QED) is 0.504. The highest BCUT2D eigenvalue weighted by atomic mass is 16.5. The second-order valence-corrected chi connectivity index (χ2v) is 5.84. The fraction of sp³-hybridized carbons (Fsp3) is 0.350. The van der Waals surface area contributed by atoms with Crippen LogP contribution in [0.3, 0.4) is 0 Å². The van der Waals surface area contributed by atoms with Crippen molar-refractivity contribution in [3.63, 3.8) is 0 Å². The Morgan fingerprint density at radius 3 is 2.80 bits per heavy atom. The summed E-state index contributed by atoms with van der Waals surface area (Å²) < 4.78 is 7.34. The molecule has 1 amide bonds. The molecule has 0 spiro atoms. The van der Waals surface area contributed by atoms with Crippen molar-refractivity contribution in [2.75, 3.05) is 33.4 Å². The summed E-state index contributed by atoms with van der Waals surface area (Å²) in [6.07, 6.45) is 3.80. The first kappa shape index (κ1) is 19.0. The summed E-state index contributed by atoms with van der Waals surface area (Å²) in [6, 6.07) is 14.4. The molecule has 2 aromatic rings. The van der Waals surface area contributed by atoms with Gasteiger partial charge in [-0.15, -0.1) is 6.58 Å². The molecule has 1 N–H and O–H groups in total. The molecule has 5 heteroatoms. The molecule has 0 unspecified atom stereocenters. The van der Waals surface area contributed by atoms with Gasteiger partial charge in [-0.2, -0.15) is 0 Å². The van der Waals surface area contributed by atoms with Gasteiger partial charge in [0, 0.05) is 38.6 Å². The van der Waals surface area contributed by atoms with Crippen molar-refractivity contribution in [2.24, 2.45) is 0 Å². The number of hydrogen-bond acceptors (Lipinski definition) is 3. The van der Waals surface area contributed by atoms with Gasteiger partial charge in [0.1, 0.15) is 0 Å².